The van der Waals surface area contributed by atoms with E-state index in [0.29, 0.717) is 50.0 Å². The maximum atomic E-state index is 12.5. The van der Waals surface area contributed by atoms with E-state index >= 15 is 0 Å². The predicted molar refractivity (Wildman–Crippen MR) is 158 cm³/mol. The van der Waals surface area contributed by atoms with Gasteiger partial charge in [0.05, 0.1) is 7.11 Å². The van der Waals surface area contributed by atoms with E-state index in [4.69, 9.17) is 49.0 Å². The van der Waals surface area contributed by atoms with Crippen molar-refractivity contribution in [2.24, 2.45) is 0 Å². The van der Waals surface area contributed by atoms with Crippen LogP contribution in [0.3, 0.4) is 0 Å². The van der Waals surface area contributed by atoms with Crippen LogP contribution in [0.1, 0.15) is 11.3 Å². The van der Waals surface area contributed by atoms with Gasteiger partial charge in [0.2, 0.25) is 11.8 Å². The van der Waals surface area contributed by atoms with Crippen LogP contribution in [0.15, 0.2) is 81.6 Å². The van der Waals surface area contributed by atoms with Crippen molar-refractivity contribution in [3.8, 4) is 28.5 Å². The second kappa shape index (κ2) is 11.3. The molecule has 5 aromatic rings. The van der Waals surface area contributed by atoms with Crippen molar-refractivity contribution >= 4 is 69.3 Å². The van der Waals surface area contributed by atoms with Gasteiger partial charge in [-0.2, -0.15) is 0 Å². The number of carbonyl (C=O) groups excluding carboxylic acids is 1. The Bertz CT molecular complexity index is 1720. The Hall–Kier alpha value is -4.11. The van der Waals surface area contributed by atoms with Crippen molar-refractivity contribution in [3.05, 3.63) is 94.2 Å². The standard InChI is InChI=1S/C29H21Cl2N3O4S/c1-16-3-4-17(28-32-24-15-22(36-2)6-9-26(24)38-28)13-23(16)33-29(39)34-27(35)10-7-21-5-8-25(37-21)18-11-19(30)14-20(31)12-18/h3-15H,1-2H3,(H2,33,34,35,39)/b10-7+. The zero-order valence-electron chi connectivity index (χ0n) is 20.7. The zero-order valence-corrected chi connectivity index (χ0v) is 23.1. The molecule has 0 spiro atoms. The number of hydrogen-bond donors (Lipinski definition) is 2. The number of nitrogens with zero attached hydrogens (tertiary/aromatic N) is 1. The Labute approximate surface area is 239 Å². The second-order valence-electron chi connectivity index (χ2n) is 8.52. The zero-order chi connectivity index (χ0) is 27.5. The molecule has 0 aliphatic rings. The Morgan fingerprint density at radius 3 is 2.54 bits per heavy atom. The van der Waals surface area contributed by atoms with Crippen LogP contribution in [-0.2, 0) is 4.79 Å². The van der Waals surface area contributed by atoms with Gasteiger partial charge in [0.1, 0.15) is 22.8 Å². The first-order valence-corrected chi connectivity index (χ1v) is 12.9. The van der Waals surface area contributed by atoms with Crippen molar-refractivity contribution in [2.75, 3.05) is 12.4 Å². The number of aryl methyl sites for hydroxylation is 1. The fourth-order valence-electron chi connectivity index (χ4n) is 3.81. The summed E-state index contributed by atoms with van der Waals surface area (Å²) in [7, 11) is 1.60. The summed E-state index contributed by atoms with van der Waals surface area (Å²) in [5, 5.41) is 6.85. The Kier molecular flexibility index (Phi) is 7.70. The molecule has 0 saturated heterocycles. The number of thiocarbonyl (C=S) groups is 1. The largest absolute Gasteiger partial charge is 0.497 e. The molecule has 2 heterocycles. The van der Waals surface area contributed by atoms with E-state index < -0.39 is 5.91 Å². The lowest BCUT2D eigenvalue weighted by atomic mass is 10.1. The van der Waals surface area contributed by atoms with Crippen molar-refractivity contribution in [3.63, 3.8) is 0 Å². The maximum absolute atomic E-state index is 12.5. The molecule has 196 valence electrons. The van der Waals surface area contributed by atoms with Crippen molar-refractivity contribution in [2.45, 2.75) is 6.92 Å². The second-order valence-corrected chi connectivity index (χ2v) is 9.80. The van der Waals surface area contributed by atoms with Gasteiger partial charge in [-0.25, -0.2) is 4.98 Å². The molecule has 5 rings (SSSR count). The summed E-state index contributed by atoms with van der Waals surface area (Å²) in [6, 6.07) is 19.8. The van der Waals surface area contributed by atoms with Crippen LogP contribution in [0.5, 0.6) is 5.75 Å². The minimum absolute atomic E-state index is 0.140. The molecule has 0 saturated carbocycles. The van der Waals surface area contributed by atoms with E-state index in [0.717, 1.165) is 16.7 Å². The third kappa shape index (κ3) is 6.31. The average molecular weight is 578 g/mol. The number of rotatable bonds is 6. The van der Waals surface area contributed by atoms with Gasteiger partial charge >= 0.3 is 0 Å². The van der Waals surface area contributed by atoms with Gasteiger partial charge in [-0.15, -0.1) is 0 Å². The van der Waals surface area contributed by atoms with Crippen molar-refractivity contribution in [1.82, 2.24) is 10.3 Å². The Balaban J connectivity index is 1.24. The molecule has 1 amide bonds. The number of carbonyl (C=O) groups is 1. The van der Waals surface area contributed by atoms with Gasteiger partial charge in [0, 0.05) is 39.0 Å². The molecule has 10 heteroatoms. The highest BCUT2D eigenvalue weighted by Crippen LogP contribution is 2.30. The third-order valence-corrected chi connectivity index (χ3v) is 6.38. The van der Waals surface area contributed by atoms with Gasteiger partial charge in [-0.3, -0.25) is 10.1 Å². The number of benzene rings is 3. The molecule has 0 aliphatic heterocycles. The molecule has 3 aromatic carbocycles. The number of fused-ring (bicyclic) bond motifs is 1. The molecule has 2 N–H and O–H groups in total. The number of halogens is 2. The van der Waals surface area contributed by atoms with Gasteiger partial charge < -0.3 is 18.9 Å². The fraction of sp³-hybridized carbons (Fsp3) is 0.0690. The van der Waals surface area contributed by atoms with Crippen LogP contribution < -0.4 is 15.4 Å². The van der Waals surface area contributed by atoms with E-state index in [1.54, 1.807) is 43.5 Å². The van der Waals surface area contributed by atoms with Crippen LogP contribution in [0.4, 0.5) is 5.69 Å². The van der Waals surface area contributed by atoms with Crippen LogP contribution in [-0.4, -0.2) is 23.1 Å². The summed E-state index contributed by atoms with van der Waals surface area (Å²) in [4.78, 5) is 17.0. The summed E-state index contributed by atoms with van der Waals surface area (Å²) >= 11 is 17.5. The number of ether oxygens (including phenoxy) is 1. The number of amides is 1. The van der Waals surface area contributed by atoms with E-state index in [2.05, 4.69) is 15.6 Å². The first kappa shape index (κ1) is 26.5. The number of oxazole rings is 1. The van der Waals surface area contributed by atoms with Gasteiger partial charge in [-0.1, -0.05) is 29.3 Å². The summed E-state index contributed by atoms with van der Waals surface area (Å²) in [6.07, 6.45) is 2.87. The Morgan fingerprint density at radius 1 is 0.974 bits per heavy atom. The molecule has 2 aromatic heterocycles. The number of aromatic nitrogens is 1. The molecule has 0 atom stereocenters. The van der Waals surface area contributed by atoms with Crippen LogP contribution in [0.25, 0.3) is 40.0 Å². The molecule has 39 heavy (non-hydrogen) atoms. The van der Waals surface area contributed by atoms with E-state index in [1.807, 2.05) is 43.3 Å². The fourth-order valence-corrected chi connectivity index (χ4v) is 4.54. The quantitative estimate of drug-likeness (QED) is 0.156. The van der Waals surface area contributed by atoms with Crippen molar-refractivity contribution < 1.29 is 18.4 Å². The minimum Gasteiger partial charge on any atom is -0.497 e. The number of furan rings is 1. The van der Waals surface area contributed by atoms with E-state index in [-0.39, 0.29) is 5.11 Å². The summed E-state index contributed by atoms with van der Waals surface area (Å²) in [5.74, 6) is 1.79. The number of anilines is 1. The molecular weight excluding hydrogens is 557 g/mol. The molecule has 0 aliphatic carbocycles. The predicted octanol–water partition coefficient (Wildman–Crippen LogP) is 7.91. The minimum atomic E-state index is -0.419. The summed E-state index contributed by atoms with van der Waals surface area (Å²) in [6.45, 7) is 1.93. The number of nitrogens with one attached hydrogen (secondary N) is 2. The van der Waals surface area contributed by atoms with Crippen molar-refractivity contribution in [1.29, 1.82) is 0 Å². The normalized spacial score (nSPS) is 11.2. The van der Waals surface area contributed by atoms with E-state index in [1.165, 1.54) is 6.08 Å². The monoisotopic (exact) mass is 577 g/mol. The van der Waals surface area contributed by atoms with Gasteiger partial charge in [0.25, 0.3) is 0 Å². The first-order chi connectivity index (χ1) is 18.8. The molecule has 0 bridgehead atoms. The lowest BCUT2D eigenvalue weighted by molar-refractivity contribution is -0.115. The highest BCUT2D eigenvalue weighted by Gasteiger charge is 2.12. The first-order valence-electron chi connectivity index (χ1n) is 11.7. The van der Waals surface area contributed by atoms with E-state index in [9.17, 15) is 4.79 Å². The highest BCUT2D eigenvalue weighted by atomic mass is 35.5. The lowest BCUT2D eigenvalue weighted by Gasteiger charge is -2.11. The summed E-state index contributed by atoms with van der Waals surface area (Å²) < 4.78 is 16.9. The molecule has 0 radical (unpaired) electrons. The smallest absolute Gasteiger partial charge is 0.250 e. The van der Waals surface area contributed by atoms with Crippen LogP contribution in [0.2, 0.25) is 10.0 Å². The highest BCUT2D eigenvalue weighted by molar-refractivity contribution is 7.80. The van der Waals surface area contributed by atoms with Crippen LogP contribution in [0, 0.1) is 6.92 Å². The van der Waals surface area contributed by atoms with Gasteiger partial charge in [-0.05, 0) is 85.4 Å². The third-order valence-electron chi connectivity index (χ3n) is 5.74. The lowest BCUT2D eigenvalue weighted by Crippen LogP contribution is -2.33. The topological polar surface area (TPSA) is 89.5 Å². The molecular formula is C29H21Cl2N3O4S. The SMILES string of the molecule is COc1ccc2oc(-c3ccc(C)c(NC(=S)NC(=O)/C=C/c4ccc(-c5cc(Cl)cc(Cl)c5)o4)c3)nc2c1. The van der Waals surface area contributed by atoms with Gasteiger partial charge in [0.15, 0.2) is 10.7 Å². The molecule has 7 nitrogen and oxygen atoms in total. The molecule has 0 unspecified atom stereocenters. The Morgan fingerprint density at radius 2 is 1.77 bits per heavy atom. The molecule has 0 fully saturated rings. The van der Waals surface area contributed by atoms with Crippen LogP contribution >= 0.6 is 35.4 Å². The number of hydrogen-bond acceptors (Lipinski definition) is 6. The summed E-state index contributed by atoms with van der Waals surface area (Å²) in [5.41, 5.74) is 4.45. The maximum Gasteiger partial charge on any atom is 0.250 e. The average Bonchev–Trinajstić information content (AvgIpc) is 3.55. The number of methoxy groups -OCH3 is 1.